The minimum absolute atomic E-state index is 0.162. The molecule has 0 aliphatic carbocycles. The molecule has 1 N–H and O–H groups in total. The van der Waals surface area contributed by atoms with Gasteiger partial charge in [-0.15, -0.1) is 0 Å². The first kappa shape index (κ1) is 15.7. The topological polar surface area (TPSA) is 81.8 Å². The van der Waals surface area contributed by atoms with Crippen molar-refractivity contribution in [2.75, 3.05) is 5.32 Å². The number of nitrogens with one attached hydrogen (secondary N) is 1. The summed E-state index contributed by atoms with van der Waals surface area (Å²) in [5.74, 6) is -0.0266. The number of nitrogens with zero attached hydrogens (tertiary/aromatic N) is 4. The zero-order valence-corrected chi connectivity index (χ0v) is 13.4. The van der Waals surface area contributed by atoms with E-state index in [1.807, 2.05) is 6.92 Å². The second kappa shape index (κ2) is 6.49. The second-order valence-electron chi connectivity index (χ2n) is 5.31. The molecule has 0 aliphatic heterocycles. The number of amides is 1. The van der Waals surface area contributed by atoms with Crippen molar-refractivity contribution in [3.05, 3.63) is 66.0 Å². The highest BCUT2D eigenvalue weighted by atomic mass is 16.1. The highest BCUT2D eigenvalue weighted by molar-refractivity contribution is 6.07. The number of aromatic nitrogens is 4. The third-order valence-corrected chi connectivity index (χ3v) is 3.65. The predicted molar refractivity (Wildman–Crippen MR) is 88.9 cm³/mol. The summed E-state index contributed by atoms with van der Waals surface area (Å²) in [6, 6.07) is 6.72. The molecule has 7 heteroatoms. The van der Waals surface area contributed by atoms with Crippen LogP contribution in [0.5, 0.6) is 0 Å². The molecule has 7 nitrogen and oxygen atoms in total. The summed E-state index contributed by atoms with van der Waals surface area (Å²) in [6.07, 6.45) is 6.52. The van der Waals surface area contributed by atoms with Crippen LogP contribution in [0.3, 0.4) is 0 Å². The third kappa shape index (κ3) is 3.10. The van der Waals surface area contributed by atoms with Crippen molar-refractivity contribution in [2.45, 2.75) is 13.5 Å². The van der Waals surface area contributed by atoms with Crippen molar-refractivity contribution in [1.82, 2.24) is 19.3 Å². The molecule has 0 saturated heterocycles. The lowest BCUT2D eigenvalue weighted by atomic mass is 10.1. The lowest BCUT2D eigenvalue weighted by Crippen LogP contribution is -2.12. The third-order valence-electron chi connectivity index (χ3n) is 3.65. The summed E-state index contributed by atoms with van der Waals surface area (Å²) in [7, 11) is 1.77. The molecule has 2 aromatic heterocycles. The Bertz CT molecular complexity index is 877. The van der Waals surface area contributed by atoms with Gasteiger partial charge in [0.15, 0.2) is 5.82 Å². The maximum atomic E-state index is 12.3. The zero-order valence-electron chi connectivity index (χ0n) is 13.4. The molecule has 0 spiro atoms. The van der Waals surface area contributed by atoms with E-state index in [0.717, 1.165) is 0 Å². The SMILES string of the molecule is CCn1cc(C(=O)Nc2ccc(C(=O)c3nccn3C)cc2)cn1. The Kier molecular flexibility index (Phi) is 4.24. The van der Waals surface area contributed by atoms with Crippen molar-refractivity contribution in [3.63, 3.8) is 0 Å². The van der Waals surface area contributed by atoms with E-state index < -0.39 is 0 Å². The minimum Gasteiger partial charge on any atom is -0.331 e. The van der Waals surface area contributed by atoms with Crippen molar-refractivity contribution in [1.29, 1.82) is 0 Å². The number of carbonyl (C=O) groups excluding carboxylic acids is 2. The highest BCUT2D eigenvalue weighted by Gasteiger charge is 2.14. The highest BCUT2D eigenvalue weighted by Crippen LogP contribution is 2.14. The fourth-order valence-electron chi connectivity index (χ4n) is 2.28. The van der Waals surface area contributed by atoms with Gasteiger partial charge in [-0.2, -0.15) is 5.10 Å². The van der Waals surface area contributed by atoms with Gasteiger partial charge in [0.1, 0.15) is 0 Å². The van der Waals surface area contributed by atoms with E-state index in [0.29, 0.717) is 29.2 Å². The number of imidazole rings is 1. The average molecular weight is 323 g/mol. The smallest absolute Gasteiger partial charge is 0.258 e. The maximum absolute atomic E-state index is 12.3. The normalized spacial score (nSPS) is 10.6. The molecular formula is C17H17N5O2. The van der Waals surface area contributed by atoms with Crippen LogP contribution in [0.15, 0.2) is 49.1 Å². The number of ketones is 1. The van der Waals surface area contributed by atoms with Crippen LogP contribution in [0.1, 0.15) is 33.5 Å². The summed E-state index contributed by atoms with van der Waals surface area (Å²) in [5.41, 5.74) is 1.62. The van der Waals surface area contributed by atoms with E-state index in [1.165, 1.54) is 6.20 Å². The van der Waals surface area contributed by atoms with Crippen LogP contribution in [0.4, 0.5) is 5.69 Å². The Labute approximate surface area is 138 Å². The minimum atomic E-state index is -0.238. The van der Waals surface area contributed by atoms with Gasteiger partial charge in [0.2, 0.25) is 5.78 Å². The van der Waals surface area contributed by atoms with Crippen molar-refractivity contribution >= 4 is 17.4 Å². The number of benzene rings is 1. The molecule has 24 heavy (non-hydrogen) atoms. The van der Waals surface area contributed by atoms with Gasteiger partial charge in [-0.25, -0.2) is 4.98 Å². The van der Waals surface area contributed by atoms with Crippen LogP contribution >= 0.6 is 0 Å². The van der Waals surface area contributed by atoms with E-state index in [4.69, 9.17) is 0 Å². The predicted octanol–water partition coefficient (Wildman–Crippen LogP) is 2.12. The Morgan fingerprint density at radius 1 is 1.17 bits per heavy atom. The molecule has 0 radical (unpaired) electrons. The first-order valence-corrected chi connectivity index (χ1v) is 7.54. The van der Waals surface area contributed by atoms with Crippen LogP contribution in [0.25, 0.3) is 0 Å². The van der Waals surface area contributed by atoms with Crippen molar-refractivity contribution < 1.29 is 9.59 Å². The molecule has 3 aromatic rings. The molecule has 2 heterocycles. The van der Waals surface area contributed by atoms with Gasteiger partial charge in [-0.1, -0.05) is 0 Å². The van der Waals surface area contributed by atoms with Gasteiger partial charge in [0.25, 0.3) is 5.91 Å². The van der Waals surface area contributed by atoms with Crippen LogP contribution in [0.2, 0.25) is 0 Å². The number of rotatable bonds is 5. The standard InChI is InChI=1S/C17H17N5O2/c1-3-22-11-13(10-19-22)17(24)20-14-6-4-12(5-7-14)15(23)16-18-8-9-21(16)2/h4-11H,3H2,1-2H3,(H,20,24). The van der Waals surface area contributed by atoms with E-state index in [2.05, 4.69) is 15.4 Å². The van der Waals surface area contributed by atoms with E-state index in [1.54, 1.807) is 59.2 Å². The molecule has 3 rings (SSSR count). The summed E-state index contributed by atoms with van der Waals surface area (Å²) < 4.78 is 3.35. The molecule has 122 valence electrons. The number of aryl methyl sites for hydroxylation is 2. The Balaban J connectivity index is 1.71. The zero-order chi connectivity index (χ0) is 17.1. The number of hydrogen-bond acceptors (Lipinski definition) is 4. The van der Waals surface area contributed by atoms with Crippen LogP contribution in [-0.2, 0) is 13.6 Å². The average Bonchev–Trinajstić information content (AvgIpc) is 3.23. The van der Waals surface area contributed by atoms with Gasteiger partial charge in [0.05, 0.1) is 11.8 Å². The van der Waals surface area contributed by atoms with Gasteiger partial charge < -0.3 is 9.88 Å². The number of anilines is 1. The maximum Gasteiger partial charge on any atom is 0.258 e. The summed E-state index contributed by atoms with van der Waals surface area (Å²) in [4.78, 5) is 28.5. The number of hydrogen-bond donors (Lipinski definition) is 1. The quantitative estimate of drug-likeness (QED) is 0.729. The molecule has 0 fully saturated rings. The van der Waals surface area contributed by atoms with E-state index in [-0.39, 0.29) is 11.7 Å². The van der Waals surface area contributed by atoms with Crippen molar-refractivity contribution in [2.24, 2.45) is 7.05 Å². The number of carbonyl (C=O) groups is 2. The Hall–Kier alpha value is -3.22. The molecule has 0 unspecified atom stereocenters. The van der Waals surface area contributed by atoms with Gasteiger partial charge in [-0.3, -0.25) is 14.3 Å². The van der Waals surface area contributed by atoms with Crippen LogP contribution in [-0.4, -0.2) is 31.0 Å². The molecule has 1 aromatic carbocycles. The fraction of sp³-hybridized carbons (Fsp3) is 0.176. The summed E-state index contributed by atoms with van der Waals surface area (Å²) in [5, 5.41) is 6.86. The second-order valence-corrected chi connectivity index (χ2v) is 5.31. The monoisotopic (exact) mass is 323 g/mol. The first-order valence-electron chi connectivity index (χ1n) is 7.54. The van der Waals surface area contributed by atoms with Crippen molar-refractivity contribution in [3.8, 4) is 0 Å². The molecule has 0 aliphatic rings. The molecule has 0 atom stereocenters. The molecule has 0 bridgehead atoms. The lowest BCUT2D eigenvalue weighted by molar-refractivity contribution is 0.102. The Morgan fingerprint density at radius 3 is 2.50 bits per heavy atom. The van der Waals surface area contributed by atoms with E-state index in [9.17, 15) is 9.59 Å². The van der Waals surface area contributed by atoms with Gasteiger partial charge >= 0.3 is 0 Å². The Morgan fingerprint density at radius 2 is 1.92 bits per heavy atom. The fourth-order valence-corrected chi connectivity index (χ4v) is 2.28. The summed E-state index contributed by atoms with van der Waals surface area (Å²) in [6.45, 7) is 2.66. The van der Waals surface area contributed by atoms with Crippen LogP contribution < -0.4 is 5.32 Å². The molecule has 0 saturated carbocycles. The summed E-state index contributed by atoms with van der Waals surface area (Å²) >= 11 is 0. The van der Waals surface area contributed by atoms with E-state index >= 15 is 0 Å². The molecule has 1 amide bonds. The van der Waals surface area contributed by atoms with Gasteiger partial charge in [-0.05, 0) is 31.2 Å². The largest absolute Gasteiger partial charge is 0.331 e. The lowest BCUT2D eigenvalue weighted by Gasteiger charge is -2.05. The van der Waals surface area contributed by atoms with Gasteiger partial charge in [0, 0.05) is 43.4 Å². The van der Waals surface area contributed by atoms with Crippen LogP contribution in [0, 0.1) is 0 Å². The first-order chi connectivity index (χ1) is 11.6. The molecular weight excluding hydrogens is 306 g/mol.